The SMILES string of the molecule is CN(C)CCN(C)c1cc(OC(F)(F)F)c(N=C(C=C(N)c2ccc3c(cnn3C)c2)NN)cc1N. The number of hydrazine groups is 1. The number of likely N-dealkylation sites (N-methyl/N-ethyl adjacent to an activating group) is 2. The second-order valence-corrected chi connectivity index (χ2v) is 8.43. The van der Waals surface area contributed by atoms with Crippen LogP contribution >= 0.6 is 0 Å². The number of fused-ring (bicyclic) bond motifs is 1. The Kier molecular flexibility index (Phi) is 7.95. The van der Waals surface area contributed by atoms with Crippen LogP contribution in [-0.4, -0.2) is 61.1 Å². The van der Waals surface area contributed by atoms with Crippen LogP contribution in [0, 0.1) is 0 Å². The third-order valence-corrected chi connectivity index (χ3v) is 5.39. The van der Waals surface area contributed by atoms with Gasteiger partial charge in [-0.25, -0.2) is 10.8 Å². The molecule has 7 N–H and O–H groups in total. The maximum absolute atomic E-state index is 13.2. The van der Waals surface area contributed by atoms with Gasteiger partial charge >= 0.3 is 6.36 Å². The van der Waals surface area contributed by atoms with Gasteiger partial charge in [-0.3, -0.25) is 4.68 Å². The zero-order chi connectivity index (χ0) is 26.6. The maximum Gasteiger partial charge on any atom is 0.573 e. The van der Waals surface area contributed by atoms with E-state index in [2.05, 4.69) is 20.3 Å². The van der Waals surface area contributed by atoms with Crippen LogP contribution in [0.3, 0.4) is 0 Å². The van der Waals surface area contributed by atoms with E-state index in [4.69, 9.17) is 17.3 Å². The average molecular weight is 506 g/mol. The molecule has 0 amide bonds. The minimum atomic E-state index is -4.94. The summed E-state index contributed by atoms with van der Waals surface area (Å²) in [5.74, 6) is 5.07. The van der Waals surface area contributed by atoms with Crippen LogP contribution in [0.2, 0.25) is 0 Å². The minimum absolute atomic E-state index is 0.001000. The fraction of sp³-hybridized carbons (Fsp3) is 0.304. The van der Waals surface area contributed by atoms with Crippen molar-refractivity contribution in [1.29, 1.82) is 0 Å². The number of hydrogen-bond donors (Lipinski definition) is 4. The van der Waals surface area contributed by atoms with E-state index >= 15 is 0 Å². The lowest BCUT2D eigenvalue weighted by molar-refractivity contribution is -0.274. The summed E-state index contributed by atoms with van der Waals surface area (Å²) in [7, 11) is 7.33. The predicted molar refractivity (Wildman–Crippen MR) is 137 cm³/mol. The standard InChI is InChI=1S/C23H30F3N9O/c1-33(2)7-8-34(3)20-12-21(36-23(24,25)26)18(10-17(20)28)31-22(32-29)11-16(27)14-5-6-19-15(9-14)13-30-35(19)4/h5-6,9-13H,7-8,27-29H2,1-4H3,(H,31,32). The number of nitrogens with zero attached hydrogens (tertiary/aromatic N) is 5. The molecule has 13 heteroatoms. The van der Waals surface area contributed by atoms with Crippen molar-refractivity contribution in [3.05, 3.63) is 48.2 Å². The number of rotatable bonds is 8. The Morgan fingerprint density at radius 1 is 1.19 bits per heavy atom. The molecular weight excluding hydrogens is 475 g/mol. The largest absolute Gasteiger partial charge is 0.573 e. The molecule has 0 radical (unpaired) electrons. The van der Waals surface area contributed by atoms with Gasteiger partial charge in [-0.1, -0.05) is 6.07 Å². The maximum atomic E-state index is 13.2. The highest BCUT2D eigenvalue weighted by Gasteiger charge is 2.33. The molecule has 0 saturated heterocycles. The van der Waals surface area contributed by atoms with Crippen LogP contribution in [0.1, 0.15) is 5.56 Å². The molecule has 0 saturated carbocycles. The molecule has 0 bridgehead atoms. The molecule has 0 aliphatic heterocycles. The van der Waals surface area contributed by atoms with Gasteiger partial charge in [0.15, 0.2) is 5.75 Å². The smallest absolute Gasteiger partial charge is 0.403 e. The van der Waals surface area contributed by atoms with Gasteiger partial charge < -0.3 is 31.4 Å². The first kappa shape index (κ1) is 26.6. The second-order valence-electron chi connectivity index (χ2n) is 8.43. The summed E-state index contributed by atoms with van der Waals surface area (Å²) in [6.45, 7) is 1.20. The fourth-order valence-corrected chi connectivity index (χ4v) is 3.48. The Bertz CT molecular complexity index is 1280. The zero-order valence-electron chi connectivity index (χ0n) is 20.5. The summed E-state index contributed by atoms with van der Waals surface area (Å²) in [6, 6.07) is 7.97. The number of halogens is 3. The first-order chi connectivity index (χ1) is 16.9. The third-order valence-electron chi connectivity index (χ3n) is 5.39. The van der Waals surface area contributed by atoms with Gasteiger partial charge in [0.1, 0.15) is 11.5 Å². The Morgan fingerprint density at radius 2 is 1.92 bits per heavy atom. The fourth-order valence-electron chi connectivity index (χ4n) is 3.48. The number of amidine groups is 1. The van der Waals surface area contributed by atoms with Gasteiger partial charge in [-0.05, 0) is 37.9 Å². The van der Waals surface area contributed by atoms with Crippen molar-refractivity contribution in [2.24, 2.45) is 23.6 Å². The van der Waals surface area contributed by atoms with Gasteiger partial charge in [0, 0.05) is 50.4 Å². The van der Waals surface area contributed by atoms with Gasteiger partial charge in [-0.15, -0.1) is 13.2 Å². The summed E-state index contributed by atoms with van der Waals surface area (Å²) in [5.41, 5.74) is 17.0. The van der Waals surface area contributed by atoms with Crippen molar-refractivity contribution in [3.8, 4) is 5.75 Å². The highest BCUT2D eigenvalue weighted by molar-refractivity contribution is 6.01. The van der Waals surface area contributed by atoms with E-state index < -0.39 is 12.1 Å². The van der Waals surface area contributed by atoms with Crippen LogP contribution in [0.25, 0.3) is 16.6 Å². The summed E-state index contributed by atoms with van der Waals surface area (Å²) in [5, 5.41) is 5.06. The molecule has 3 rings (SSSR count). The van der Waals surface area contributed by atoms with Gasteiger partial charge in [0.25, 0.3) is 0 Å². The number of alkyl halides is 3. The van der Waals surface area contributed by atoms with Crippen LogP contribution in [-0.2, 0) is 7.05 Å². The van der Waals surface area contributed by atoms with E-state index in [1.165, 1.54) is 18.2 Å². The number of aliphatic imine (C=N–C) groups is 1. The summed E-state index contributed by atoms with van der Waals surface area (Å²) < 4.78 is 45.5. The molecule has 1 aromatic heterocycles. The number of anilines is 2. The van der Waals surface area contributed by atoms with Gasteiger partial charge in [0.2, 0.25) is 0 Å². The van der Waals surface area contributed by atoms with Gasteiger partial charge in [0.05, 0.1) is 23.1 Å². The van der Waals surface area contributed by atoms with Crippen molar-refractivity contribution in [3.63, 3.8) is 0 Å². The number of benzene rings is 2. The lowest BCUT2D eigenvalue weighted by Gasteiger charge is -2.24. The van der Waals surface area contributed by atoms with Crippen LogP contribution < -0.4 is 32.4 Å². The first-order valence-electron chi connectivity index (χ1n) is 10.9. The molecule has 3 aromatic rings. The van der Waals surface area contributed by atoms with E-state index in [0.717, 1.165) is 10.9 Å². The zero-order valence-corrected chi connectivity index (χ0v) is 20.5. The molecule has 36 heavy (non-hydrogen) atoms. The molecule has 1 heterocycles. The van der Waals surface area contributed by atoms with Crippen LogP contribution in [0.15, 0.2) is 47.6 Å². The predicted octanol–water partition coefficient (Wildman–Crippen LogP) is 2.54. The van der Waals surface area contributed by atoms with Crippen molar-refractivity contribution in [1.82, 2.24) is 20.1 Å². The lowest BCUT2D eigenvalue weighted by atomic mass is 10.1. The average Bonchev–Trinajstić information content (AvgIpc) is 3.17. The van der Waals surface area contributed by atoms with Crippen molar-refractivity contribution in [2.45, 2.75) is 6.36 Å². The van der Waals surface area contributed by atoms with E-state index in [1.54, 1.807) is 28.9 Å². The minimum Gasteiger partial charge on any atom is -0.403 e. The van der Waals surface area contributed by atoms with E-state index in [1.807, 2.05) is 38.2 Å². The first-order valence-corrected chi connectivity index (χ1v) is 10.9. The monoisotopic (exact) mass is 505 g/mol. The molecule has 0 aliphatic carbocycles. The van der Waals surface area contributed by atoms with Crippen molar-refractivity contribution < 1.29 is 17.9 Å². The molecule has 0 aliphatic rings. The Hall–Kier alpha value is -3.97. The molecule has 0 atom stereocenters. The number of aromatic nitrogens is 2. The summed E-state index contributed by atoms with van der Waals surface area (Å²) in [6.07, 6.45) is -1.84. The highest BCUT2D eigenvalue weighted by atomic mass is 19.4. The van der Waals surface area contributed by atoms with Crippen molar-refractivity contribution in [2.75, 3.05) is 44.9 Å². The second kappa shape index (κ2) is 10.7. The molecule has 194 valence electrons. The molecular formula is C23H30F3N9O. The van der Waals surface area contributed by atoms with Crippen LogP contribution in [0.4, 0.5) is 30.2 Å². The van der Waals surface area contributed by atoms with Gasteiger partial charge in [-0.2, -0.15) is 5.10 Å². The summed E-state index contributed by atoms with van der Waals surface area (Å²) >= 11 is 0. The number of nitrogens with two attached hydrogens (primary N) is 3. The van der Waals surface area contributed by atoms with E-state index in [0.29, 0.717) is 24.3 Å². The number of hydrogen-bond acceptors (Lipinski definition) is 8. The Balaban J connectivity index is 2.00. The molecule has 0 spiro atoms. The number of nitrogens with one attached hydrogen (secondary N) is 1. The summed E-state index contributed by atoms with van der Waals surface area (Å²) in [4.78, 5) is 7.89. The normalized spacial score (nSPS) is 12.9. The molecule has 2 aromatic carbocycles. The number of ether oxygens (including phenoxy) is 1. The Morgan fingerprint density at radius 3 is 2.56 bits per heavy atom. The molecule has 0 fully saturated rings. The van der Waals surface area contributed by atoms with Crippen molar-refractivity contribution >= 4 is 39.5 Å². The number of nitrogen functional groups attached to an aromatic ring is 1. The lowest BCUT2D eigenvalue weighted by Crippen LogP contribution is -2.29. The Labute approximate surface area is 206 Å². The van der Waals surface area contributed by atoms with E-state index in [-0.39, 0.29) is 22.9 Å². The van der Waals surface area contributed by atoms with E-state index in [9.17, 15) is 13.2 Å². The topological polar surface area (TPSA) is 136 Å². The quantitative estimate of drug-likeness (QED) is 0.121. The molecule has 10 nitrogen and oxygen atoms in total. The number of aryl methyl sites for hydroxylation is 1. The highest BCUT2D eigenvalue weighted by Crippen LogP contribution is 2.39. The third kappa shape index (κ3) is 6.58. The molecule has 0 unspecified atom stereocenters. The van der Waals surface area contributed by atoms with Crippen LogP contribution in [0.5, 0.6) is 5.75 Å².